The lowest BCUT2D eigenvalue weighted by molar-refractivity contribution is -0.116. The summed E-state index contributed by atoms with van der Waals surface area (Å²) < 4.78 is 6.49. The van der Waals surface area contributed by atoms with Crippen molar-refractivity contribution in [2.45, 2.75) is 13.3 Å². The van der Waals surface area contributed by atoms with Crippen LogP contribution >= 0.6 is 15.9 Å². The van der Waals surface area contributed by atoms with Gasteiger partial charge in [0.25, 0.3) is 0 Å². The molecule has 20 heavy (non-hydrogen) atoms. The topological polar surface area (TPSA) is 38.3 Å². The number of halogens is 1. The van der Waals surface area contributed by atoms with Crippen molar-refractivity contribution in [1.82, 2.24) is 0 Å². The Labute approximate surface area is 127 Å². The number of aryl methyl sites for hydroxylation is 1. The fourth-order valence-corrected chi connectivity index (χ4v) is 2.16. The highest BCUT2D eigenvalue weighted by molar-refractivity contribution is 9.10. The molecular weight excluding hydrogens is 318 g/mol. The summed E-state index contributed by atoms with van der Waals surface area (Å²) in [5.74, 6) is 0.732. The average Bonchev–Trinajstić information content (AvgIpc) is 2.38. The first-order valence-corrected chi connectivity index (χ1v) is 7.18. The maximum atomic E-state index is 11.8. The first-order valence-electron chi connectivity index (χ1n) is 6.38. The molecule has 0 aliphatic carbocycles. The van der Waals surface area contributed by atoms with Crippen LogP contribution in [0.4, 0.5) is 5.69 Å². The van der Waals surface area contributed by atoms with Crippen LogP contribution in [-0.4, -0.2) is 12.5 Å². The first kappa shape index (κ1) is 14.6. The van der Waals surface area contributed by atoms with Gasteiger partial charge in [-0.1, -0.05) is 34.1 Å². The lowest BCUT2D eigenvalue weighted by Gasteiger charge is -2.08. The molecule has 0 atom stereocenters. The van der Waals surface area contributed by atoms with Gasteiger partial charge in [0.15, 0.2) is 0 Å². The Balaban J connectivity index is 1.78. The van der Waals surface area contributed by atoms with E-state index in [9.17, 15) is 4.79 Å². The van der Waals surface area contributed by atoms with Gasteiger partial charge in [0.2, 0.25) is 5.91 Å². The van der Waals surface area contributed by atoms with Crippen molar-refractivity contribution in [2.75, 3.05) is 11.9 Å². The molecule has 0 saturated heterocycles. The minimum absolute atomic E-state index is 0.0595. The number of carbonyl (C=O) groups excluding carboxylic acids is 1. The minimum atomic E-state index is -0.0595. The molecule has 0 aliphatic heterocycles. The number of nitrogens with one attached hydrogen (secondary N) is 1. The molecular formula is C16H16BrNO2. The summed E-state index contributed by atoms with van der Waals surface area (Å²) in [6.45, 7) is 2.37. The maximum absolute atomic E-state index is 11.8. The Bertz CT molecular complexity index is 599. The van der Waals surface area contributed by atoms with E-state index in [0.29, 0.717) is 13.0 Å². The summed E-state index contributed by atoms with van der Waals surface area (Å²) in [5.41, 5.74) is 1.92. The smallest absolute Gasteiger partial charge is 0.227 e. The molecule has 0 unspecified atom stereocenters. The predicted molar refractivity (Wildman–Crippen MR) is 84.1 cm³/mol. The van der Waals surface area contributed by atoms with Crippen molar-refractivity contribution in [1.29, 1.82) is 0 Å². The molecule has 1 amide bonds. The molecule has 104 valence electrons. The van der Waals surface area contributed by atoms with E-state index in [1.807, 2.05) is 55.5 Å². The minimum Gasteiger partial charge on any atom is -0.493 e. The fraction of sp³-hybridized carbons (Fsp3) is 0.188. The summed E-state index contributed by atoms with van der Waals surface area (Å²) in [6.07, 6.45) is 0.320. The van der Waals surface area contributed by atoms with Crippen molar-refractivity contribution in [3.05, 3.63) is 58.6 Å². The van der Waals surface area contributed by atoms with E-state index in [0.717, 1.165) is 21.5 Å². The van der Waals surface area contributed by atoms with Crippen LogP contribution in [0.3, 0.4) is 0 Å². The number of rotatable bonds is 5. The van der Waals surface area contributed by atoms with Crippen molar-refractivity contribution >= 4 is 27.5 Å². The Morgan fingerprint density at radius 3 is 2.75 bits per heavy atom. The molecule has 0 fully saturated rings. The van der Waals surface area contributed by atoms with Crippen molar-refractivity contribution < 1.29 is 9.53 Å². The van der Waals surface area contributed by atoms with Gasteiger partial charge >= 0.3 is 0 Å². The molecule has 0 saturated carbocycles. The Kier molecular flexibility index (Phi) is 5.18. The number of carbonyl (C=O) groups is 1. The molecule has 2 aromatic carbocycles. The van der Waals surface area contributed by atoms with Gasteiger partial charge in [-0.3, -0.25) is 4.79 Å². The standard InChI is InChI=1S/C16H16BrNO2/c1-12-4-2-7-15(10-12)20-9-8-16(19)18-14-6-3-5-13(17)11-14/h2-7,10-11H,8-9H2,1H3,(H,18,19). The summed E-state index contributed by atoms with van der Waals surface area (Å²) in [5, 5.41) is 2.83. The van der Waals surface area contributed by atoms with Crippen LogP contribution in [-0.2, 0) is 4.79 Å². The second kappa shape index (κ2) is 7.10. The predicted octanol–water partition coefficient (Wildman–Crippen LogP) is 4.17. The van der Waals surface area contributed by atoms with Crippen molar-refractivity contribution in [3.8, 4) is 5.75 Å². The van der Waals surface area contributed by atoms with Crippen LogP contribution < -0.4 is 10.1 Å². The van der Waals surface area contributed by atoms with Gasteiger partial charge in [-0.2, -0.15) is 0 Å². The summed E-state index contributed by atoms with van der Waals surface area (Å²) >= 11 is 3.37. The molecule has 2 rings (SSSR count). The average molecular weight is 334 g/mol. The van der Waals surface area contributed by atoms with E-state index in [1.165, 1.54) is 0 Å². The van der Waals surface area contributed by atoms with Crippen molar-refractivity contribution in [3.63, 3.8) is 0 Å². The van der Waals surface area contributed by atoms with E-state index in [4.69, 9.17) is 4.74 Å². The highest BCUT2D eigenvalue weighted by Crippen LogP contribution is 2.16. The largest absolute Gasteiger partial charge is 0.493 e. The Morgan fingerprint density at radius 1 is 1.20 bits per heavy atom. The second-order valence-electron chi connectivity index (χ2n) is 4.47. The van der Waals surface area contributed by atoms with Crippen LogP contribution in [0.15, 0.2) is 53.0 Å². The number of benzene rings is 2. The maximum Gasteiger partial charge on any atom is 0.227 e. The highest BCUT2D eigenvalue weighted by Gasteiger charge is 2.03. The molecule has 3 nitrogen and oxygen atoms in total. The number of ether oxygens (including phenoxy) is 1. The Hall–Kier alpha value is -1.81. The molecule has 0 spiro atoms. The van der Waals surface area contributed by atoms with Gasteiger partial charge in [0, 0.05) is 10.2 Å². The van der Waals surface area contributed by atoms with Gasteiger partial charge in [0.05, 0.1) is 13.0 Å². The summed E-state index contributed by atoms with van der Waals surface area (Å²) in [4.78, 5) is 11.8. The quantitative estimate of drug-likeness (QED) is 0.891. The lowest BCUT2D eigenvalue weighted by atomic mass is 10.2. The van der Waals surface area contributed by atoms with Gasteiger partial charge in [-0.25, -0.2) is 0 Å². The summed E-state index contributed by atoms with van der Waals surface area (Å²) in [7, 11) is 0. The van der Waals surface area contributed by atoms with E-state index in [-0.39, 0.29) is 5.91 Å². The lowest BCUT2D eigenvalue weighted by Crippen LogP contribution is -2.15. The van der Waals surface area contributed by atoms with Crippen LogP contribution in [0.2, 0.25) is 0 Å². The molecule has 0 aromatic heterocycles. The summed E-state index contributed by atoms with van der Waals surface area (Å²) in [6, 6.07) is 15.3. The van der Waals surface area contributed by atoms with E-state index in [2.05, 4.69) is 21.2 Å². The monoisotopic (exact) mass is 333 g/mol. The van der Waals surface area contributed by atoms with Gasteiger partial charge in [0.1, 0.15) is 5.75 Å². The van der Waals surface area contributed by atoms with Crippen LogP contribution in [0.25, 0.3) is 0 Å². The fourth-order valence-electron chi connectivity index (χ4n) is 1.76. The molecule has 0 bridgehead atoms. The third-order valence-electron chi connectivity index (χ3n) is 2.70. The molecule has 4 heteroatoms. The third kappa shape index (κ3) is 4.70. The number of anilines is 1. The van der Waals surface area contributed by atoms with Gasteiger partial charge < -0.3 is 10.1 Å². The van der Waals surface area contributed by atoms with Crippen LogP contribution in [0.1, 0.15) is 12.0 Å². The van der Waals surface area contributed by atoms with Gasteiger partial charge in [-0.05, 0) is 42.8 Å². The van der Waals surface area contributed by atoms with Crippen molar-refractivity contribution in [2.24, 2.45) is 0 Å². The molecule has 1 N–H and O–H groups in total. The third-order valence-corrected chi connectivity index (χ3v) is 3.19. The van der Waals surface area contributed by atoms with Crippen LogP contribution in [0.5, 0.6) is 5.75 Å². The van der Waals surface area contributed by atoms with E-state index < -0.39 is 0 Å². The Morgan fingerprint density at radius 2 is 2.00 bits per heavy atom. The number of hydrogen-bond acceptors (Lipinski definition) is 2. The number of amides is 1. The normalized spacial score (nSPS) is 10.1. The van der Waals surface area contributed by atoms with E-state index >= 15 is 0 Å². The zero-order valence-corrected chi connectivity index (χ0v) is 12.8. The SMILES string of the molecule is Cc1cccc(OCCC(=O)Nc2cccc(Br)c2)c1. The van der Waals surface area contributed by atoms with E-state index in [1.54, 1.807) is 0 Å². The highest BCUT2D eigenvalue weighted by atomic mass is 79.9. The first-order chi connectivity index (χ1) is 9.63. The van der Waals surface area contributed by atoms with Gasteiger partial charge in [-0.15, -0.1) is 0 Å². The molecule has 0 aliphatic rings. The molecule has 0 radical (unpaired) electrons. The number of hydrogen-bond donors (Lipinski definition) is 1. The zero-order chi connectivity index (χ0) is 14.4. The molecule has 0 heterocycles. The van der Waals surface area contributed by atoms with Crippen LogP contribution in [0, 0.1) is 6.92 Å². The molecule has 2 aromatic rings. The second-order valence-corrected chi connectivity index (χ2v) is 5.39. The zero-order valence-electron chi connectivity index (χ0n) is 11.2.